The molecule has 148 valence electrons. The fourth-order valence-electron chi connectivity index (χ4n) is 2.66. The van der Waals surface area contributed by atoms with E-state index in [1.54, 1.807) is 0 Å². The molecule has 3 aromatic rings. The molecule has 3 rings (SSSR count). The Balaban J connectivity index is 0.00000280. The number of nitrogens with two attached hydrogens (primary N) is 1. The van der Waals surface area contributed by atoms with Crippen LogP contribution < -0.4 is 15.2 Å². The zero-order valence-electron chi connectivity index (χ0n) is 14.7. The molecular weight excluding hydrogens is 391 g/mol. The van der Waals surface area contributed by atoms with Crippen molar-refractivity contribution in [2.45, 2.75) is 19.0 Å². The highest BCUT2D eigenvalue weighted by Gasteiger charge is 2.31. The Morgan fingerprint density at radius 3 is 2.07 bits per heavy atom. The lowest BCUT2D eigenvalue weighted by molar-refractivity contribution is -0.274. The molecule has 28 heavy (non-hydrogen) atoms. The zero-order chi connectivity index (χ0) is 19.3. The number of hydrogen-bond acceptors (Lipinski definition) is 3. The average molecular weight is 410 g/mol. The third-order valence-corrected chi connectivity index (χ3v) is 3.96. The molecule has 0 aliphatic rings. The summed E-state index contributed by atoms with van der Waals surface area (Å²) >= 11 is 0. The summed E-state index contributed by atoms with van der Waals surface area (Å²) in [6.07, 6.45) is -4.72. The van der Waals surface area contributed by atoms with Crippen LogP contribution in [-0.2, 0) is 6.61 Å². The van der Waals surface area contributed by atoms with E-state index in [1.807, 2.05) is 54.6 Å². The first-order valence-corrected chi connectivity index (χ1v) is 8.29. The van der Waals surface area contributed by atoms with Gasteiger partial charge in [-0.3, -0.25) is 0 Å². The Morgan fingerprint density at radius 2 is 1.43 bits per heavy atom. The van der Waals surface area contributed by atoms with Crippen LogP contribution in [0.25, 0.3) is 0 Å². The fourth-order valence-corrected chi connectivity index (χ4v) is 2.66. The largest absolute Gasteiger partial charge is 0.573 e. The molecule has 0 aliphatic carbocycles. The second-order valence-electron chi connectivity index (χ2n) is 5.91. The smallest absolute Gasteiger partial charge is 0.489 e. The van der Waals surface area contributed by atoms with Gasteiger partial charge >= 0.3 is 6.36 Å². The van der Waals surface area contributed by atoms with Crippen molar-refractivity contribution in [1.82, 2.24) is 0 Å². The van der Waals surface area contributed by atoms with Crippen molar-refractivity contribution in [2.24, 2.45) is 5.73 Å². The molecule has 3 aromatic carbocycles. The highest BCUT2D eigenvalue weighted by atomic mass is 35.5. The number of halogens is 4. The molecule has 7 heteroatoms. The van der Waals surface area contributed by atoms with Crippen molar-refractivity contribution in [3.05, 3.63) is 95.6 Å². The molecule has 0 spiro atoms. The number of hydrogen-bond donors (Lipinski definition) is 1. The summed E-state index contributed by atoms with van der Waals surface area (Å²) in [6, 6.07) is 22.0. The summed E-state index contributed by atoms with van der Waals surface area (Å²) < 4.78 is 46.6. The lowest BCUT2D eigenvalue weighted by Gasteiger charge is -2.18. The van der Waals surface area contributed by atoms with E-state index in [9.17, 15) is 13.2 Å². The predicted molar refractivity (Wildman–Crippen MR) is 104 cm³/mol. The molecule has 0 aromatic heterocycles. The minimum atomic E-state index is -4.72. The van der Waals surface area contributed by atoms with E-state index in [1.165, 1.54) is 24.3 Å². The third-order valence-electron chi connectivity index (χ3n) is 3.96. The van der Waals surface area contributed by atoms with Crippen LogP contribution in [0.1, 0.15) is 22.7 Å². The first kappa shape index (κ1) is 21.6. The van der Waals surface area contributed by atoms with Crippen LogP contribution in [0.4, 0.5) is 13.2 Å². The number of rotatable bonds is 6. The SMILES string of the molecule is Cl.N[C@H](c1ccc(OC(F)(F)F)cc1)c1ccccc1OCc1ccccc1. The van der Waals surface area contributed by atoms with Gasteiger partial charge in [-0.15, -0.1) is 25.6 Å². The molecule has 0 unspecified atom stereocenters. The number of alkyl halides is 3. The van der Waals surface area contributed by atoms with E-state index >= 15 is 0 Å². The minimum absolute atomic E-state index is 0. The zero-order valence-corrected chi connectivity index (χ0v) is 15.5. The van der Waals surface area contributed by atoms with Gasteiger partial charge in [0.05, 0.1) is 6.04 Å². The van der Waals surface area contributed by atoms with Crippen molar-refractivity contribution in [1.29, 1.82) is 0 Å². The van der Waals surface area contributed by atoms with Gasteiger partial charge in [-0.2, -0.15) is 0 Å². The van der Waals surface area contributed by atoms with Gasteiger partial charge in [0.2, 0.25) is 0 Å². The van der Waals surface area contributed by atoms with Crippen LogP contribution in [0.5, 0.6) is 11.5 Å². The van der Waals surface area contributed by atoms with Crippen molar-refractivity contribution < 1.29 is 22.6 Å². The van der Waals surface area contributed by atoms with Crippen molar-refractivity contribution in [2.75, 3.05) is 0 Å². The normalized spacial score (nSPS) is 12.0. The van der Waals surface area contributed by atoms with E-state index in [0.717, 1.165) is 11.1 Å². The summed E-state index contributed by atoms with van der Waals surface area (Å²) in [6.45, 7) is 0.392. The molecule has 0 amide bonds. The van der Waals surface area contributed by atoms with Crippen molar-refractivity contribution in [3.8, 4) is 11.5 Å². The Labute approximate surface area is 167 Å². The quantitative estimate of drug-likeness (QED) is 0.573. The first-order chi connectivity index (χ1) is 12.9. The lowest BCUT2D eigenvalue weighted by Crippen LogP contribution is -2.17. The van der Waals surface area contributed by atoms with Crippen LogP contribution >= 0.6 is 12.4 Å². The molecule has 0 fully saturated rings. The Kier molecular flexibility index (Phi) is 7.31. The Morgan fingerprint density at radius 1 is 0.821 bits per heavy atom. The monoisotopic (exact) mass is 409 g/mol. The number of ether oxygens (including phenoxy) is 2. The summed E-state index contributed by atoms with van der Waals surface area (Å²) in [7, 11) is 0. The molecule has 0 saturated heterocycles. The maximum atomic E-state index is 12.3. The molecular formula is C21H19ClF3NO2. The first-order valence-electron chi connectivity index (χ1n) is 8.29. The van der Waals surface area contributed by atoms with Gasteiger partial charge < -0.3 is 15.2 Å². The van der Waals surface area contributed by atoms with E-state index < -0.39 is 12.4 Å². The van der Waals surface area contributed by atoms with Crippen LogP contribution in [0.3, 0.4) is 0 Å². The van der Waals surface area contributed by atoms with E-state index in [4.69, 9.17) is 10.5 Å². The lowest BCUT2D eigenvalue weighted by atomic mass is 9.98. The Hall–Kier alpha value is -2.70. The second-order valence-corrected chi connectivity index (χ2v) is 5.91. The summed E-state index contributed by atoms with van der Waals surface area (Å²) in [5, 5.41) is 0. The van der Waals surface area contributed by atoms with E-state index in [-0.39, 0.29) is 18.2 Å². The molecule has 3 nitrogen and oxygen atoms in total. The highest BCUT2D eigenvalue weighted by Crippen LogP contribution is 2.30. The summed E-state index contributed by atoms with van der Waals surface area (Å²) in [4.78, 5) is 0. The molecule has 0 bridgehead atoms. The summed E-state index contributed by atoms with van der Waals surface area (Å²) in [5.74, 6) is 0.344. The minimum Gasteiger partial charge on any atom is -0.489 e. The van der Waals surface area contributed by atoms with E-state index in [2.05, 4.69) is 4.74 Å². The van der Waals surface area contributed by atoms with Gasteiger partial charge in [0.1, 0.15) is 18.1 Å². The Bertz CT molecular complexity index is 871. The standard InChI is InChI=1S/C21H18F3NO2.ClH/c22-21(23,24)27-17-12-10-16(11-13-17)20(25)18-8-4-5-9-19(18)26-14-15-6-2-1-3-7-15;/h1-13,20H,14,25H2;1H/t20-;/m1./s1. The van der Waals surface area contributed by atoms with Gasteiger partial charge in [0.15, 0.2) is 0 Å². The average Bonchev–Trinajstić information content (AvgIpc) is 2.66. The van der Waals surface area contributed by atoms with Gasteiger partial charge in [-0.05, 0) is 29.3 Å². The third kappa shape index (κ3) is 5.90. The molecule has 1 atom stereocenters. The second kappa shape index (κ2) is 9.48. The highest BCUT2D eigenvalue weighted by molar-refractivity contribution is 5.85. The van der Waals surface area contributed by atoms with Crippen LogP contribution in [0.2, 0.25) is 0 Å². The van der Waals surface area contributed by atoms with E-state index in [0.29, 0.717) is 17.9 Å². The van der Waals surface area contributed by atoms with Crippen LogP contribution in [0, 0.1) is 0 Å². The number of benzene rings is 3. The number of para-hydroxylation sites is 1. The van der Waals surface area contributed by atoms with Gasteiger partial charge in [0.25, 0.3) is 0 Å². The van der Waals surface area contributed by atoms with Crippen LogP contribution in [0.15, 0.2) is 78.9 Å². The maximum Gasteiger partial charge on any atom is 0.573 e. The predicted octanol–water partition coefficient (Wildman–Crippen LogP) is 5.63. The summed E-state index contributed by atoms with van der Waals surface area (Å²) in [5.41, 5.74) is 8.74. The molecule has 0 saturated carbocycles. The van der Waals surface area contributed by atoms with Crippen LogP contribution in [-0.4, -0.2) is 6.36 Å². The molecule has 0 radical (unpaired) electrons. The van der Waals surface area contributed by atoms with Gasteiger partial charge in [-0.1, -0.05) is 60.7 Å². The van der Waals surface area contributed by atoms with Gasteiger partial charge in [-0.25, -0.2) is 0 Å². The van der Waals surface area contributed by atoms with Crippen molar-refractivity contribution >= 4 is 12.4 Å². The van der Waals surface area contributed by atoms with Crippen molar-refractivity contribution in [3.63, 3.8) is 0 Å². The molecule has 0 aliphatic heterocycles. The molecule has 2 N–H and O–H groups in total. The topological polar surface area (TPSA) is 44.5 Å². The maximum absolute atomic E-state index is 12.3. The van der Waals surface area contributed by atoms with Gasteiger partial charge in [0, 0.05) is 5.56 Å². The molecule has 0 heterocycles. The fraction of sp³-hybridized carbons (Fsp3) is 0.143.